The van der Waals surface area contributed by atoms with Gasteiger partial charge in [0.15, 0.2) is 0 Å². The first-order chi connectivity index (χ1) is 34.3. The van der Waals surface area contributed by atoms with E-state index in [4.69, 9.17) is 118 Å². The Labute approximate surface area is 531 Å². The molecular weight excluding hydrogens is 1310 g/mol. The van der Waals surface area contributed by atoms with Crippen molar-refractivity contribution in [3.05, 3.63) is 0 Å². The average molecular weight is 1390 g/mol. The molecule has 0 bridgehead atoms. The second-order valence-corrected chi connectivity index (χ2v) is 19.4. The quantitative estimate of drug-likeness (QED) is 0.0262. The van der Waals surface area contributed by atoms with Gasteiger partial charge in [-0.05, 0) is 19.3 Å². The SMILES string of the molecule is CCC(COC(=O)CCS)(COC(=O)CCS)COC(=O)CCS.CCC(COC(=O)CC[S-])(COC(=O)CC[S-])COC(=O)CC[S-].CCC(COC(=O)CC[S-])(COC(=O)CC[S-])COC(=O)CC[S-].[Zn+2].[Zn+2].[Zn+2]. The Kier molecular flexibility index (Phi) is 64.7. The molecule has 18 nitrogen and oxygen atoms in total. The Bertz CT molecular complexity index is 1240. The predicted octanol–water partition coefficient (Wildman–Crippen LogP) is 3.61. The number of hydrogen-bond acceptors (Lipinski definition) is 27. The summed E-state index contributed by atoms with van der Waals surface area (Å²) in [6.45, 7) is 5.35. The van der Waals surface area contributed by atoms with Crippen molar-refractivity contribution < 1.29 is 144 Å². The fraction of sp³-hybridized carbons (Fsp3) is 0.800. The first-order valence-corrected chi connectivity index (χ1v) is 28.4. The van der Waals surface area contributed by atoms with Crippen LogP contribution < -0.4 is 0 Å². The molecule has 0 rings (SSSR count). The van der Waals surface area contributed by atoms with Gasteiger partial charge in [-0.3, -0.25) is 43.2 Å². The van der Waals surface area contributed by atoms with Crippen LogP contribution in [0.5, 0.6) is 0 Å². The summed E-state index contributed by atoms with van der Waals surface area (Å²) in [5, 5.41) is 0. The second-order valence-electron chi connectivity index (χ2n) is 15.7. The van der Waals surface area contributed by atoms with Crippen molar-refractivity contribution in [2.45, 2.75) is 97.8 Å². The molecule has 0 unspecified atom stereocenters. The molecule has 0 atom stereocenters. The molecular formula is C45H72O18S9Zn3. The normalized spacial score (nSPS) is 10.6. The Balaban J connectivity index is -0.000000233. The van der Waals surface area contributed by atoms with Crippen molar-refractivity contribution >= 4 is 167 Å². The van der Waals surface area contributed by atoms with Gasteiger partial charge in [0.1, 0.15) is 59.5 Å². The van der Waals surface area contributed by atoms with Crippen LogP contribution in [-0.4, -0.2) is 165 Å². The molecule has 0 aliphatic rings. The molecule has 0 radical (unpaired) electrons. The number of thiol groups is 3. The topological polar surface area (TPSA) is 237 Å². The van der Waals surface area contributed by atoms with Gasteiger partial charge in [0.2, 0.25) is 0 Å². The minimum atomic E-state index is -0.800. The summed E-state index contributed by atoms with van der Waals surface area (Å²) in [5.74, 6) is -1.07. The molecule has 0 aromatic heterocycles. The zero-order chi connectivity index (χ0) is 55.3. The molecule has 0 heterocycles. The van der Waals surface area contributed by atoms with Crippen LogP contribution in [0, 0.1) is 16.2 Å². The van der Waals surface area contributed by atoms with Gasteiger partial charge in [0, 0.05) is 55.8 Å². The number of rotatable bonds is 39. The van der Waals surface area contributed by atoms with E-state index in [1.807, 2.05) is 20.8 Å². The van der Waals surface area contributed by atoms with Crippen LogP contribution in [0.15, 0.2) is 0 Å². The van der Waals surface area contributed by atoms with E-state index in [0.29, 0.717) is 36.5 Å². The van der Waals surface area contributed by atoms with E-state index >= 15 is 0 Å². The van der Waals surface area contributed by atoms with Crippen LogP contribution in [-0.2, 0) is 220 Å². The number of hydrogen-bond donors (Lipinski definition) is 3. The van der Waals surface area contributed by atoms with Gasteiger partial charge in [-0.25, -0.2) is 0 Å². The van der Waals surface area contributed by atoms with E-state index in [2.05, 4.69) is 37.9 Å². The Morgan fingerprint density at radius 2 is 0.400 bits per heavy atom. The fourth-order valence-electron chi connectivity index (χ4n) is 4.82. The Hall–Kier alpha value is 0.250. The number of carbonyl (C=O) groups is 9. The van der Waals surface area contributed by atoms with Crippen molar-refractivity contribution in [2.75, 3.05) is 111 Å². The van der Waals surface area contributed by atoms with Gasteiger partial charge in [0.25, 0.3) is 0 Å². The zero-order valence-corrected chi connectivity index (χ0v) is 60.0. The van der Waals surface area contributed by atoms with Crippen LogP contribution in [0.1, 0.15) is 97.8 Å². The Morgan fingerprint density at radius 1 is 0.280 bits per heavy atom. The maximum atomic E-state index is 11.6. The maximum absolute atomic E-state index is 11.6. The van der Waals surface area contributed by atoms with Crippen molar-refractivity contribution in [3.8, 4) is 0 Å². The smallest absolute Gasteiger partial charge is 0.792 e. The molecule has 0 aliphatic carbocycles. The third kappa shape index (κ3) is 47.6. The van der Waals surface area contributed by atoms with Gasteiger partial charge < -0.3 is 118 Å². The van der Waals surface area contributed by atoms with Crippen molar-refractivity contribution in [1.82, 2.24) is 0 Å². The summed E-state index contributed by atoms with van der Waals surface area (Å²) in [7, 11) is 0. The number of esters is 9. The Morgan fingerprint density at radius 3 is 0.493 bits per heavy atom. The van der Waals surface area contributed by atoms with Crippen LogP contribution in [0.4, 0.5) is 0 Å². The fourth-order valence-corrected chi connectivity index (χ4v) is 6.37. The monoisotopic (exact) mass is 1380 g/mol. The summed E-state index contributed by atoms with van der Waals surface area (Å²) in [6, 6.07) is 0. The summed E-state index contributed by atoms with van der Waals surface area (Å²) >= 11 is 40.3. The summed E-state index contributed by atoms with van der Waals surface area (Å²) in [4.78, 5) is 104. The van der Waals surface area contributed by atoms with Gasteiger partial charge in [0.05, 0.1) is 35.5 Å². The van der Waals surface area contributed by atoms with E-state index in [0.717, 1.165) is 0 Å². The molecule has 0 aromatic rings. The standard InChI is InChI=1S/3C15H26O6S3.3Zn/c3*1-2-15(9-19-12(16)3-6-22,10-20-13(17)4-7-23)11-21-14(18)5-8-24;;;/h3*22-24H,2-11H2,1H3;;;/q;;;3*+2/p-6. The van der Waals surface area contributed by atoms with Crippen molar-refractivity contribution in [1.29, 1.82) is 0 Å². The molecule has 0 saturated heterocycles. The third-order valence-corrected chi connectivity index (χ3v) is 11.8. The molecule has 420 valence electrons. The van der Waals surface area contributed by atoms with E-state index in [-0.39, 0.29) is 210 Å². The van der Waals surface area contributed by atoms with Gasteiger partial charge >= 0.3 is 112 Å². The van der Waals surface area contributed by atoms with Crippen molar-refractivity contribution in [3.63, 3.8) is 0 Å². The van der Waals surface area contributed by atoms with Crippen molar-refractivity contribution in [2.24, 2.45) is 16.2 Å². The molecule has 0 N–H and O–H groups in total. The van der Waals surface area contributed by atoms with Gasteiger partial charge in [-0.2, -0.15) is 72.4 Å². The molecule has 0 fully saturated rings. The van der Waals surface area contributed by atoms with E-state index in [1.54, 1.807) is 0 Å². The zero-order valence-electron chi connectivity index (χ0n) is 43.5. The minimum Gasteiger partial charge on any atom is -0.792 e. The van der Waals surface area contributed by atoms with E-state index in [1.165, 1.54) is 0 Å². The average Bonchev–Trinajstić information content (AvgIpc) is 3.35. The van der Waals surface area contributed by atoms with E-state index in [9.17, 15) is 43.2 Å². The largest absolute Gasteiger partial charge is 2.00 e. The van der Waals surface area contributed by atoms with Crippen LogP contribution >= 0.6 is 37.9 Å². The first kappa shape index (κ1) is 86.5. The summed E-state index contributed by atoms with van der Waals surface area (Å²) in [5.41, 5.74) is -2.37. The van der Waals surface area contributed by atoms with E-state index < -0.39 is 70.0 Å². The molecule has 0 spiro atoms. The molecule has 0 aromatic carbocycles. The van der Waals surface area contributed by atoms with Crippen LogP contribution in [0.2, 0.25) is 0 Å². The van der Waals surface area contributed by atoms with Gasteiger partial charge in [-0.15, -0.1) is 0 Å². The summed E-state index contributed by atoms with van der Waals surface area (Å²) < 4.78 is 46.8. The molecule has 75 heavy (non-hydrogen) atoms. The summed E-state index contributed by atoms with van der Waals surface area (Å²) in [6.07, 6.45) is 2.77. The maximum Gasteiger partial charge on any atom is 2.00 e. The van der Waals surface area contributed by atoms with Crippen LogP contribution in [0.25, 0.3) is 0 Å². The number of ether oxygens (including phenoxy) is 9. The molecule has 0 saturated carbocycles. The molecule has 0 aliphatic heterocycles. The van der Waals surface area contributed by atoms with Gasteiger partial charge in [-0.1, -0.05) is 20.8 Å². The predicted molar refractivity (Wildman–Crippen MR) is 293 cm³/mol. The molecule has 0 amide bonds. The molecule has 30 heteroatoms. The van der Waals surface area contributed by atoms with Crippen LogP contribution in [0.3, 0.4) is 0 Å². The number of carbonyl (C=O) groups excluding carboxylic acids is 9. The minimum absolute atomic E-state index is 0. The third-order valence-electron chi connectivity index (χ3n) is 9.89. The second kappa shape index (κ2) is 56.1. The first-order valence-electron chi connectivity index (χ1n) is 23.0.